The van der Waals surface area contributed by atoms with E-state index < -0.39 is 0 Å². The van der Waals surface area contributed by atoms with Gasteiger partial charge in [0.25, 0.3) is 0 Å². The maximum absolute atomic E-state index is 6.20. The highest BCUT2D eigenvalue weighted by molar-refractivity contribution is 6.35. The molecule has 1 aromatic carbocycles. The Hall–Kier alpha value is -2.12. The second-order valence-electron chi connectivity index (χ2n) is 7.39. The van der Waals surface area contributed by atoms with Crippen molar-refractivity contribution in [1.29, 1.82) is 0 Å². The average Bonchev–Trinajstić information content (AvgIpc) is 2.77. The SMILES string of the molecule is Clc1ccc(Cl)c(C=NNc2nc(N3CCCCC3)nc(N3CCCCC3)n2)c1. The van der Waals surface area contributed by atoms with Gasteiger partial charge < -0.3 is 9.80 Å². The second-order valence-corrected chi connectivity index (χ2v) is 8.23. The molecule has 3 heterocycles. The monoisotopic (exact) mass is 433 g/mol. The van der Waals surface area contributed by atoms with Gasteiger partial charge in [-0.05, 0) is 56.7 Å². The molecule has 2 aliphatic rings. The van der Waals surface area contributed by atoms with Crippen LogP contribution in [-0.2, 0) is 0 Å². The molecule has 2 fully saturated rings. The minimum absolute atomic E-state index is 0.440. The Kier molecular flexibility index (Phi) is 6.67. The van der Waals surface area contributed by atoms with Gasteiger partial charge >= 0.3 is 0 Å². The Bertz CT molecular complexity index is 826. The number of hydrogen-bond donors (Lipinski definition) is 1. The normalized spacial score (nSPS) is 17.7. The van der Waals surface area contributed by atoms with Crippen molar-refractivity contribution in [3.05, 3.63) is 33.8 Å². The lowest BCUT2D eigenvalue weighted by Gasteiger charge is -2.30. The number of aromatic nitrogens is 3. The highest BCUT2D eigenvalue weighted by Crippen LogP contribution is 2.23. The number of hydrazone groups is 1. The number of hydrogen-bond acceptors (Lipinski definition) is 7. The minimum atomic E-state index is 0.440. The molecule has 7 nitrogen and oxygen atoms in total. The summed E-state index contributed by atoms with van der Waals surface area (Å²) in [7, 11) is 0. The number of nitrogens with zero attached hydrogens (tertiary/aromatic N) is 6. The van der Waals surface area contributed by atoms with Crippen LogP contribution in [0.25, 0.3) is 0 Å². The summed E-state index contributed by atoms with van der Waals surface area (Å²) < 4.78 is 0. The Labute approximate surface area is 181 Å². The van der Waals surface area contributed by atoms with E-state index >= 15 is 0 Å². The fraction of sp³-hybridized carbons (Fsp3) is 0.500. The summed E-state index contributed by atoms with van der Waals surface area (Å²) in [6, 6.07) is 5.26. The van der Waals surface area contributed by atoms with Gasteiger partial charge in [-0.3, -0.25) is 0 Å². The van der Waals surface area contributed by atoms with Crippen molar-refractivity contribution in [1.82, 2.24) is 15.0 Å². The molecule has 0 saturated carbocycles. The zero-order valence-corrected chi connectivity index (χ0v) is 17.8. The molecule has 1 aromatic heterocycles. The Balaban J connectivity index is 1.57. The van der Waals surface area contributed by atoms with Crippen LogP contribution in [0.2, 0.25) is 10.0 Å². The first-order chi connectivity index (χ1) is 14.2. The number of nitrogens with one attached hydrogen (secondary N) is 1. The van der Waals surface area contributed by atoms with Crippen molar-refractivity contribution in [2.24, 2.45) is 5.10 Å². The average molecular weight is 434 g/mol. The molecule has 0 atom stereocenters. The van der Waals surface area contributed by atoms with E-state index in [1.807, 2.05) is 0 Å². The molecular formula is C20H25Cl2N7. The number of piperidine rings is 2. The summed E-state index contributed by atoms with van der Waals surface area (Å²) in [4.78, 5) is 18.5. The third-order valence-corrected chi connectivity index (χ3v) is 5.80. The summed E-state index contributed by atoms with van der Waals surface area (Å²) in [5, 5.41) is 5.47. The molecule has 0 spiro atoms. The van der Waals surface area contributed by atoms with Crippen LogP contribution >= 0.6 is 23.2 Å². The van der Waals surface area contributed by atoms with Gasteiger partial charge in [-0.1, -0.05) is 23.2 Å². The molecule has 0 amide bonds. The van der Waals surface area contributed by atoms with Crippen LogP contribution in [-0.4, -0.2) is 47.3 Å². The first-order valence-corrected chi connectivity index (χ1v) is 10.9. The zero-order valence-electron chi connectivity index (χ0n) is 16.3. The molecule has 2 aromatic rings. The molecule has 2 aliphatic heterocycles. The first kappa shape index (κ1) is 20.2. The topological polar surface area (TPSA) is 69.5 Å². The van der Waals surface area contributed by atoms with E-state index in [1.54, 1.807) is 24.4 Å². The summed E-state index contributed by atoms with van der Waals surface area (Å²) in [5.74, 6) is 1.88. The van der Waals surface area contributed by atoms with Crippen molar-refractivity contribution < 1.29 is 0 Å². The van der Waals surface area contributed by atoms with Crippen LogP contribution in [0, 0.1) is 0 Å². The minimum Gasteiger partial charge on any atom is -0.341 e. The third kappa shape index (κ3) is 5.28. The van der Waals surface area contributed by atoms with E-state index in [-0.39, 0.29) is 0 Å². The molecule has 0 radical (unpaired) electrons. The van der Waals surface area contributed by atoms with Crippen LogP contribution in [0.3, 0.4) is 0 Å². The zero-order chi connectivity index (χ0) is 20.1. The number of benzene rings is 1. The van der Waals surface area contributed by atoms with Gasteiger partial charge in [-0.15, -0.1) is 0 Å². The Morgan fingerprint density at radius 2 is 1.41 bits per heavy atom. The predicted octanol–water partition coefficient (Wildman–Crippen LogP) is 4.61. The second kappa shape index (κ2) is 9.59. The van der Waals surface area contributed by atoms with Crippen LogP contribution in [0.5, 0.6) is 0 Å². The van der Waals surface area contributed by atoms with Gasteiger partial charge in [-0.25, -0.2) is 5.43 Å². The lowest BCUT2D eigenvalue weighted by Crippen LogP contribution is -2.34. The molecule has 4 rings (SSSR count). The van der Waals surface area contributed by atoms with E-state index in [4.69, 9.17) is 28.2 Å². The van der Waals surface area contributed by atoms with Crippen LogP contribution in [0.4, 0.5) is 17.8 Å². The summed E-state index contributed by atoms with van der Waals surface area (Å²) in [6.45, 7) is 3.91. The predicted molar refractivity (Wildman–Crippen MR) is 120 cm³/mol. The molecule has 0 aliphatic carbocycles. The largest absolute Gasteiger partial charge is 0.341 e. The quantitative estimate of drug-likeness (QED) is 0.548. The molecule has 0 bridgehead atoms. The smallest absolute Gasteiger partial charge is 0.250 e. The van der Waals surface area contributed by atoms with Gasteiger partial charge in [-0.2, -0.15) is 20.1 Å². The van der Waals surface area contributed by atoms with Crippen molar-refractivity contribution >= 4 is 47.3 Å². The molecule has 1 N–H and O–H groups in total. The molecule has 2 saturated heterocycles. The van der Waals surface area contributed by atoms with Crippen molar-refractivity contribution in [3.63, 3.8) is 0 Å². The lowest BCUT2D eigenvalue weighted by atomic mass is 10.1. The van der Waals surface area contributed by atoms with Gasteiger partial charge in [0.2, 0.25) is 17.8 Å². The lowest BCUT2D eigenvalue weighted by molar-refractivity contribution is 0.556. The van der Waals surface area contributed by atoms with Gasteiger partial charge in [0.15, 0.2) is 0 Å². The van der Waals surface area contributed by atoms with Crippen molar-refractivity contribution in [2.75, 3.05) is 41.4 Å². The van der Waals surface area contributed by atoms with Gasteiger partial charge in [0.1, 0.15) is 0 Å². The van der Waals surface area contributed by atoms with E-state index in [9.17, 15) is 0 Å². The summed E-state index contributed by atoms with van der Waals surface area (Å²) in [6.07, 6.45) is 8.81. The molecule has 154 valence electrons. The van der Waals surface area contributed by atoms with Crippen LogP contribution < -0.4 is 15.2 Å². The highest BCUT2D eigenvalue weighted by atomic mass is 35.5. The third-order valence-electron chi connectivity index (χ3n) is 5.22. The Morgan fingerprint density at radius 3 is 2.00 bits per heavy atom. The van der Waals surface area contributed by atoms with Crippen LogP contribution in [0.1, 0.15) is 44.1 Å². The van der Waals surface area contributed by atoms with Crippen molar-refractivity contribution in [3.8, 4) is 0 Å². The fourth-order valence-electron chi connectivity index (χ4n) is 3.65. The summed E-state index contributed by atoms with van der Waals surface area (Å²) in [5.41, 5.74) is 3.68. The maximum atomic E-state index is 6.20. The van der Waals surface area contributed by atoms with E-state index in [0.717, 1.165) is 43.6 Å². The maximum Gasteiger partial charge on any atom is 0.250 e. The van der Waals surface area contributed by atoms with Gasteiger partial charge in [0, 0.05) is 41.8 Å². The molecule has 9 heteroatoms. The van der Waals surface area contributed by atoms with E-state index in [1.165, 1.54) is 38.5 Å². The van der Waals surface area contributed by atoms with Gasteiger partial charge in [0.05, 0.1) is 6.21 Å². The number of anilines is 3. The Morgan fingerprint density at radius 1 is 0.828 bits per heavy atom. The fourth-order valence-corrected chi connectivity index (χ4v) is 3.99. The molecule has 0 unspecified atom stereocenters. The first-order valence-electron chi connectivity index (χ1n) is 10.2. The van der Waals surface area contributed by atoms with Crippen molar-refractivity contribution in [2.45, 2.75) is 38.5 Å². The highest BCUT2D eigenvalue weighted by Gasteiger charge is 2.20. The van der Waals surface area contributed by atoms with Crippen LogP contribution in [0.15, 0.2) is 23.3 Å². The number of rotatable bonds is 5. The number of halogens is 2. The standard InChI is InChI=1S/C20H25Cl2N7/c21-16-7-8-17(22)15(13-16)14-23-27-18-24-19(28-9-3-1-4-10-28)26-20(25-18)29-11-5-2-6-12-29/h7-8,13-14H,1-6,9-12H2,(H,24,25,26,27). The van der Waals surface area contributed by atoms with E-state index in [0.29, 0.717) is 16.0 Å². The molecular weight excluding hydrogens is 409 g/mol. The summed E-state index contributed by atoms with van der Waals surface area (Å²) >= 11 is 12.2. The molecule has 29 heavy (non-hydrogen) atoms. The van der Waals surface area contributed by atoms with E-state index in [2.05, 4.69) is 30.3 Å².